The fourth-order valence-corrected chi connectivity index (χ4v) is 3.48. The van der Waals surface area contributed by atoms with Crippen molar-refractivity contribution in [2.75, 3.05) is 9.93 Å². The van der Waals surface area contributed by atoms with Crippen molar-refractivity contribution >= 4 is 85.3 Å². The summed E-state index contributed by atoms with van der Waals surface area (Å²) in [7, 11) is -3.86. The highest BCUT2D eigenvalue weighted by molar-refractivity contribution is 7.93. The summed E-state index contributed by atoms with van der Waals surface area (Å²) in [6.07, 6.45) is 0. The third kappa shape index (κ3) is 4.67. The lowest BCUT2D eigenvalue weighted by molar-refractivity contribution is 0.485. The summed E-state index contributed by atoms with van der Waals surface area (Å²) in [6.45, 7) is 0. The van der Waals surface area contributed by atoms with Crippen molar-refractivity contribution in [1.29, 1.82) is 0 Å². The summed E-state index contributed by atoms with van der Waals surface area (Å²) in [5, 5.41) is -0.197. The Bertz CT molecular complexity index is 888. The number of nitrogens with one attached hydrogen (secondary N) is 1. The molecule has 0 heterocycles. The molecule has 0 aliphatic heterocycles. The average molecular weight is 470 g/mol. The first-order valence-corrected chi connectivity index (χ1v) is 10.1. The number of halogens is 6. The molecule has 2 rings (SSSR count). The van der Waals surface area contributed by atoms with E-state index in [1.54, 1.807) is 6.07 Å². The van der Waals surface area contributed by atoms with Crippen LogP contribution in [-0.4, -0.2) is 13.6 Å². The summed E-state index contributed by atoms with van der Waals surface area (Å²) in [6, 6.07) is 5.80. The summed E-state index contributed by atoms with van der Waals surface area (Å²) >= 11 is 35.3. The van der Waals surface area contributed by atoms with Gasteiger partial charge in [0, 0.05) is 11.1 Å². The Morgan fingerprint density at radius 2 is 1.58 bits per heavy atom. The average Bonchev–Trinajstić information content (AvgIpc) is 2.51. The van der Waals surface area contributed by atoms with Crippen LogP contribution in [0.15, 0.2) is 24.3 Å². The SMILES string of the molecule is O=S(=O)(CCl)Nc1c(Oc2ccc(Cl)cc2Cl)cc(Cl)c(Cl)c1Cl. The van der Waals surface area contributed by atoms with Gasteiger partial charge in [-0.1, -0.05) is 58.0 Å². The molecule has 2 aromatic rings. The van der Waals surface area contributed by atoms with Gasteiger partial charge in [0.2, 0.25) is 10.0 Å². The van der Waals surface area contributed by atoms with E-state index in [1.807, 2.05) is 0 Å². The van der Waals surface area contributed by atoms with Crippen molar-refractivity contribution in [2.24, 2.45) is 0 Å². The van der Waals surface area contributed by atoms with E-state index in [9.17, 15) is 8.42 Å². The van der Waals surface area contributed by atoms with Crippen molar-refractivity contribution in [2.45, 2.75) is 0 Å². The lowest BCUT2D eigenvalue weighted by Crippen LogP contribution is -2.14. The van der Waals surface area contributed by atoms with Gasteiger partial charge in [-0.25, -0.2) is 8.42 Å². The minimum atomic E-state index is -3.86. The van der Waals surface area contributed by atoms with Gasteiger partial charge >= 0.3 is 0 Å². The fourth-order valence-electron chi connectivity index (χ4n) is 1.61. The molecule has 0 fully saturated rings. The van der Waals surface area contributed by atoms with Crippen LogP contribution in [0.25, 0.3) is 0 Å². The van der Waals surface area contributed by atoms with Crippen molar-refractivity contribution in [3.8, 4) is 11.5 Å². The number of benzene rings is 2. The number of rotatable bonds is 5. The van der Waals surface area contributed by atoms with Crippen LogP contribution in [-0.2, 0) is 10.0 Å². The van der Waals surface area contributed by atoms with Crippen molar-refractivity contribution < 1.29 is 13.2 Å². The molecule has 130 valence electrons. The third-order valence-electron chi connectivity index (χ3n) is 2.64. The van der Waals surface area contributed by atoms with Crippen LogP contribution in [0.2, 0.25) is 25.1 Å². The first-order valence-electron chi connectivity index (χ1n) is 6.01. The van der Waals surface area contributed by atoms with E-state index in [0.29, 0.717) is 5.02 Å². The third-order valence-corrected chi connectivity index (χ3v) is 6.10. The highest BCUT2D eigenvalue weighted by Gasteiger charge is 2.21. The van der Waals surface area contributed by atoms with Crippen molar-refractivity contribution in [3.63, 3.8) is 0 Å². The predicted molar refractivity (Wildman–Crippen MR) is 101 cm³/mol. The molecule has 4 nitrogen and oxygen atoms in total. The number of hydrogen-bond donors (Lipinski definition) is 1. The van der Waals surface area contributed by atoms with E-state index in [2.05, 4.69) is 4.72 Å². The van der Waals surface area contributed by atoms with Gasteiger partial charge in [0.1, 0.15) is 16.6 Å². The van der Waals surface area contributed by atoms with E-state index in [0.717, 1.165) is 0 Å². The molecular weight excluding hydrogens is 463 g/mol. The molecule has 0 saturated carbocycles. The second-order valence-electron chi connectivity index (χ2n) is 4.36. The van der Waals surface area contributed by atoms with Gasteiger partial charge in [0.25, 0.3) is 0 Å². The molecule has 0 amide bonds. The molecule has 2 aromatic carbocycles. The Hall–Kier alpha value is -0.270. The van der Waals surface area contributed by atoms with E-state index >= 15 is 0 Å². The van der Waals surface area contributed by atoms with E-state index < -0.39 is 15.2 Å². The van der Waals surface area contributed by atoms with Gasteiger partial charge in [0.05, 0.1) is 20.1 Å². The molecule has 1 N–H and O–H groups in total. The highest BCUT2D eigenvalue weighted by atomic mass is 35.5. The molecule has 0 aromatic heterocycles. The minimum Gasteiger partial charge on any atom is -0.453 e. The highest BCUT2D eigenvalue weighted by Crippen LogP contribution is 2.45. The lowest BCUT2D eigenvalue weighted by atomic mass is 10.3. The summed E-state index contributed by atoms with van der Waals surface area (Å²) in [5.74, 6) is 0.203. The molecule has 0 spiro atoms. The maximum absolute atomic E-state index is 11.8. The zero-order chi connectivity index (χ0) is 18.1. The molecule has 0 saturated heterocycles. The van der Waals surface area contributed by atoms with Gasteiger partial charge in [-0.2, -0.15) is 0 Å². The predicted octanol–water partition coefficient (Wildman–Crippen LogP) is 6.68. The van der Waals surface area contributed by atoms with Gasteiger partial charge in [-0.15, -0.1) is 11.6 Å². The number of hydrogen-bond acceptors (Lipinski definition) is 3. The largest absolute Gasteiger partial charge is 0.453 e. The Balaban J connectivity index is 2.55. The first kappa shape index (κ1) is 20.0. The van der Waals surface area contributed by atoms with E-state index in [4.69, 9.17) is 74.3 Å². The molecule has 24 heavy (non-hydrogen) atoms. The Morgan fingerprint density at radius 1 is 0.917 bits per heavy atom. The molecule has 0 aliphatic rings. The maximum Gasteiger partial charge on any atom is 0.246 e. The summed E-state index contributed by atoms with van der Waals surface area (Å²) in [5.41, 5.74) is -0.113. The van der Waals surface area contributed by atoms with Crippen LogP contribution in [0.5, 0.6) is 11.5 Å². The number of anilines is 1. The lowest BCUT2D eigenvalue weighted by Gasteiger charge is -2.16. The minimum absolute atomic E-state index is 0.00712. The maximum atomic E-state index is 11.8. The van der Waals surface area contributed by atoms with E-state index in [1.165, 1.54) is 18.2 Å². The van der Waals surface area contributed by atoms with Crippen LogP contribution in [0.3, 0.4) is 0 Å². The normalized spacial score (nSPS) is 11.4. The van der Waals surface area contributed by atoms with Gasteiger partial charge in [-0.05, 0) is 18.2 Å². The molecule has 0 unspecified atom stereocenters. The number of sulfonamides is 1. The molecule has 0 radical (unpaired) electrons. The Morgan fingerprint density at radius 3 is 2.17 bits per heavy atom. The van der Waals surface area contributed by atoms with Crippen LogP contribution in [0.4, 0.5) is 5.69 Å². The zero-order valence-electron chi connectivity index (χ0n) is 11.4. The Labute approximate surface area is 168 Å². The number of ether oxygens (including phenoxy) is 1. The summed E-state index contributed by atoms with van der Waals surface area (Å²) < 4.78 is 31.3. The van der Waals surface area contributed by atoms with Crippen LogP contribution >= 0.6 is 69.6 Å². The first-order chi connectivity index (χ1) is 11.1. The number of alkyl halides is 1. The molecular formula is C13H7Cl6NO3S. The molecule has 0 aliphatic carbocycles. The van der Waals surface area contributed by atoms with Crippen LogP contribution < -0.4 is 9.46 Å². The fraction of sp³-hybridized carbons (Fsp3) is 0.0769. The van der Waals surface area contributed by atoms with Crippen molar-refractivity contribution in [1.82, 2.24) is 0 Å². The van der Waals surface area contributed by atoms with Gasteiger partial charge < -0.3 is 4.74 Å². The second kappa shape index (κ2) is 7.96. The summed E-state index contributed by atoms with van der Waals surface area (Å²) in [4.78, 5) is 0. The monoisotopic (exact) mass is 467 g/mol. The zero-order valence-corrected chi connectivity index (χ0v) is 16.8. The van der Waals surface area contributed by atoms with Crippen LogP contribution in [0, 0.1) is 0 Å². The quantitative estimate of drug-likeness (QED) is 0.392. The molecule has 11 heteroatoms. The van der Waals surface area contributed by atoms with E-state index in [-0.39, 0.29) is 37.3 Å². The van der Waals surface area contributed by atoms with Gasteiger partial charge in [0.15, 0.2) is 5.75 Å². The molecule has 0 atom stereocenters. The standard InChI is InChI=1S/C13H7Cl6NO3S/c14-5-24(21,22)20-13-10(4-8(17)11(18)12(13)19)23-9-2-1-6(15)3-7(9)16/h1-4,20H,5H2. The van der Waals surface area contributed by atoms with Crippen molar-refractivity contribution in [3.05, 3.63) is 49.4 Å². The smallest absolute Gasteiger partial charge is 0.246 e. The van der Waals surface area contributed by atoms with Crippen LogP contribution in [0.1, 0.15) is 0 Å². The Kier molecular flexibility index (Phi) is 6.65. The second-order valence-corrected chi connectivity index (χ2v) is 8.68. The topological polar surface area (TPSA) is 55.4 Å². The van der Waals surface area contributed by atoms with Gasteiger partial charge in [-0.3, -0.25) is 4.72 Å². The molecule has 0 bridgehead atoms.